The van der Waals surface area contributed by atoms with Crippen LogP contribution >= 0.6 is 23.2 Å². The molecular formula is C18H17Cl2NO5S. The third-order valence-electron chi connectivity index (χ3n) is 3.55. The highest BCUT2D eigenvalue weighted by Crippen LogP contribution is 2.22. The average molecular weight is 430 g/mol. The van der Waals surface area contributed by atoms with Crippen molar-refractivity contribution in [1.29, 1.82) is 0 Å². The number of nitrogens with one attached hydrogen (secondary N) is 1. The van der Waals surface area contributed by atoms with Gasteiger partial charge < -0.3 is 10.1 Å². The third-order valence-corrected chi connectivity index (χ3v) is 5.38. The van der Waals surface area contributed by atoms with E-state index >= 15 is 0 Å². The third kappa shape index (κ3) is 6.53. The minimum Gasteiger partial charge on any atom is -0.452 e. The van der Waals surface area contributed by atoms with Crippen molar-refractivity contribution in [3.8, 4) is 0 Å². The average Bonchev–Trinajstić information content (AvgIpc) is 2.61. The maximum absolute atomic E-state index is 12.0. The van der Waals surface area contributed by atoms with E-state index in [0.717, 1.165) is 17.9 Å². The quantitative estimate of drug-likeness (QED) is 0.683. The fraction of sp³-hybridized carbons (Fsp3) is 0.222. The Balaban J connectivity index is 1.84. The molecule has 0 aliphatic heterocycles. The van der Waals surface area contributed by atoms with E-state index in [1.165, 1.54) is 12.1 Å². The minimum atomic E-state index is -3.59. The molecular weight excluding hydrogens is 413 g/mol. The number of benzene rings is 2. The van der Waals surface area contributed by atoms with Crippen LogP contribution in [-0.2, 0) is 25.8 Å². The highest BCUT2D eigenvalue weighted by Gasteiger charge is 2.17. The summed E-state index contributed by atoms with van der Waals surface area (Å²) in [5.41, 5.74) is 1.000. The monoisotopic (exact) mass is 429 g/mol. The highest BCUT2D eigenvalue weighted by atomic mass is 35.5. The van der Waals surface area contributed by atoms with Gasteiger partial charge in [0.25, 0.3) is 5.91 Å². The number of carbonyl (C=O) groups is 2. The first-order valence-electron chi connectivity index (χ1n) is 7.84. The number of hydrogen-bond acceptors (Lipinski definition) is 5. The fourth-order valence-corrected chi connectivity index (χ4v) is 3.60. The molecule has 0 aliphatic rings. The van der Waals surface area contributed by atoms with Crippen molar-refractivity contribution in [3.05, 3.63) is 63.6 Å². The van der Waals surface area contributed by atoms with Crippen molar-refractivity contribution in [1.82, 2.24) is 5.32 Å². The van der Waals surface area contributed by atoms with Gasteiger partial charge >= 0.3 is 5.97 Å². The SMILES string of the molecule is CS(=O)(=O)c1cc(C(=O)OCC(=O)NCCc2ccc(Cl)cc2)ccc1Cl. The summed E-state index contributed by atoms with van der Waals surface area (Å²) < 4.78 is 28.2. The molecule has 0 aromatic heterocycles. The van der Waals surface area contributed by atoms with Crippen LogP contribution in [0.1, 0.15) is 15.9 Å². The smallest absolute Gasteiger partial charge is 0.338 e. The lowest BCUT2D eigenvalue weighted by Gasteiger charge is -2.08. The second kappa shape index (κ2) is 9.21. The Bertz CT molecular complexity index is 943. The van der Waals surface area contributed by atoms with Gasteiger partial charge in [0.15, 0.2) is 16.4 Å². The fourth-order valence-electron chi connectivity index (χ4n) is 2.18. The molecule has 0 fully saturated rings. The molecule has 1 N–H and O–H groups in total. The maximum atomic E-state index is 12.0. The molecule has 2 aromatic carbocycles. The summed E-state index contributed by atoms with van der Waals surface area (Å²) in [7, 11) is -3.59. The molecule has 0 radical (unpaired) electrons. The number of hydrogen-bond donors (Lipinski definition) is 1. The molecule has 0 saturated heterocycles. The molecule has 2 rings (SSSR count). The molecule has 0 saturated carbocycles. The first kappa shape index (κ1) is 21.2. The summed E-state index contributed by atoms with van der Waals surface area (Å²) in [6.45, 7) is -0.104. The maximum Gasteiger partial charge on any atom is 0.338 e. The van der Waals surface area contributed by atoms with E-state index in [2.05, 4.69) is 5.32 Å². The Morgan fingerprint density at radius 2 is 1.74 bits per heavy atom. The number of amides is 1. The van der Waals surface area contributed by atoms with Gasteiger partial charge in [-0.2, -0.15) is 0 Å². The molecule has 1 amide bonds. The van der Waals surface area contributed by atoms with Crippen LogP contribution in [-0.4, -0.2) is 39.7 Å². The van der Waals surface area contributed by atoms with Gasteiger partial charge in [0.2, 0.25) is 0 Å². The van der Waals surface area contributed by atoms with Crippen LogP contribution in [0.2, 0.25) is 10.0 Å². The van der Waals surface area contributed by atoms with Gasteiger partial charge in [0.1, 0.15) is 0 Å². The van der Waals surface area contributed by atoms with Gasteiger partial charge in [0.05, 0.1) is 15.5 Å². The van der Waals surface area contributed by atoms with Gasteiger partial charge in [-0.25, -0.2) is 13.2 Å². The van der Waals surface area contributed by atoms with E-state index in [4.69, 9.17) is 27.9 Å². The summed E-state index contributed by atoms with van der Waals surface area (Å²) >= 11 is 11.6. The van der Waals surface area contributed by atoms with E-state index in [1.54, 1.807) is 12.1 Å². The highest BCUT2D eigenvalue weighted by molar-refractivity contribution is 7.90. The molecule has 2 aromatic rings. The zero-order valence-electron chi connectivity index (χ0n) is 14.4. The largest absolute Gasteiger partial charge is 0.452 e. The lowest BCUT2D eigenvalue weighted by atomic mass is 10.1. The Hall–Kier alpha value is -2.09. The van der Waals surface area contributed by atoms with E-state index in [0.29, 0.717) is 18.0 Å². The molecule has 0 aliphatic carbocycles. The van der Waals surface area contributed by atoms with Crippen LogP contribution in [0.4, 0.5) is 0 Å². The zero-order valence-corrected chi connectivity index (χ0v) is 16.7. The van der Waals surface area contributed by atoms with Crippen molar-refractivity contribution in [2.24, 2.45) is 0 Å². The van der Waals surface area contributed by atoms with Crippen LogP contribution in [0.25, 0.3) is 0 Å². The predicted octanol–water partition coefficient (Wildman–Crippen LogP) is 2.91. The topological polar surface area (TPSA) is 89.5 Å². The van der Waals surface area contributed by atoms with E-state index in [9.17, 15) is 18.0 Å². The molecule has 9 heteroatoms. The number of esters is 1. The van der Waals surface area contributed by atoms with Gasteiger partial charge in [-0.05, 0) is 42.3 Å². The Kier molecular flexibility index (Phi) is 7.24. The van der Waals surface area contributed by atoms with Crippen LogP contribution < -0.4 is 5.32 Å². The van der Waals surface area contributed by atoms with Crippen molar-refractivity contribution in [2.45, 2.75) is 11.3 Å². The molecule has 6 nitrogen and oxygen atoms in total. The first-order chi connectivity index (χ1) is 12.7. The summed E-state index contributed by atoms with van der Waals surface area (Å²) in [5.74, 6) is -1.28. The predicted molar refractivity (Wildman–Crippen MR) is 103 cm³/mol. The number of sulfone groups is 1. The van der Waals surface area contributed by atoms with Crippen LogP contribution in [0.3, 0.4) is 0 Å². The summed E-state index contributed by atoms with van der Waals surface area (Å²) in [6, 6.07) is 11.0. The normalized spacial score (nSPS) is 11.1. The van der Waals surface area contributed by atoms with Crippen LogP contribution in [0.15, 0.2) is 47.4 Å². The minimum absolute atomic E-state index is 0.00575. The summed E-state index contributed by atoms with van der Waals surface area (Å²) in [5, 5.41) is 3.27. The molecule has 0 heterocycles. The Labute approximate surface area is 167 Å². The van der Waals surface area contributed by atoms with E-state index < -0.39 is 28.3 Å². The summed E-state index contributed by atoms with van der Waals surface area (Å²) in [4.78, 5) is 23.6. The van der Waals surface area contributed by atoms with Crippen molar-refractivity contribution >= 4 is 44.9 Å². The Morgan fingerprint density at radius 3 is 2.37 bits per heavy atom. The number of halogens is 2. The summed E-state index contributed by atoms with van der Waals surface area (Å²) in [6.07, 6.45) is 1.59. The lowest BCUT2D eigenvalue weighted by molar-refractivity contribution is -0.124. The van der Waals surface area contributed by atoms with Crippen LogP contribution in [0.5, 0.6) is 0 Å². The van der Waals surface area contributed by atoms with Crippen LogP contribution in [0, 0.1) is 0 Å². The second-order valence-electron chi connectivity index (χ2n) is 5.72. The number of rotatable bonds is 7. The molecule has 144 valence electrons. The molecule has 0 bridgehead atoms. The molecule has 0 spiro atoms. The lowest BCUT2D eigenvalue weighted by Crippen LogP contribution is -2.30. The molecule has 0 atom stereocenters. The van der Waals surface area contributed by atoms with Crippen molar-refractivity contribution < 1.29 is 22.7 Å². The van der Waals surface area contributed by atoms with Gasteiger partial charge in [0, 0.05) is 17.8 Å². The van der Waals surface area contributed by atoms with E-state index in [1.807, 2.05) is 12.1 Å². The van der Waals surface area contributed by atoms with Crippen molar-refractivity contribution in [2.75, 3.05) is 19.4 Å². The molecule has 27 heavy (non-hydrogen) atoms. The van der Waals surface area contributed by atoms with E-state index in [-0.39, 0.29) is 15.5 Å². The zero-order chi connectivity index (χ0) is 20.0. The molecule has 0 unspecified atom stereocenters. The first-order valence-corrected chi connectivity index (χ1v) is 10.5. The van der Waals surface area contributed by atoms with Gasteiger partial charge in [-0.1, -0.05) is 35.3 Å². The van der Waals surface area contributed by atoms with Gasteiger partial charge in [-0.3, -0.25) is 4.79 Å². The number of ether oxygens (including phenoxy) is 1. The van der Waals surface area contributed by atoms with Crippen molar-refractivity contribution in [3.63, 3.8) is 0 Å². The standard InChI is InChI=1S/C18H17Cl2NO5S/c1-27(24,25)16-10-13(4-7-15(16)20)18(23)26-11-17(22)21-9-8-12-2-5-14(19)6-3-12/h2-7,10H,8-9,11H2,1H3,(H,21,22). The second-order valence-corrected chi connectivity index (χ2v) is 8.55. The van der Waals surface area contributed by atoms with Gasteiger partial charge in [-0.15, -0.1) is 0 Å². The Morgan fingerprint density at radius 1 is 1.07 bits per heavy atom. The number of carbonyl (C=O) groups excluding carboxylic acids is 2.